The summed E-state index contributed by atoms with van der Waals surface area (Å²) in [6.45, 7) is 6.74. The van der Waals surface area contributed by atoms with E-state index in [0.29, 0.717) is 25.3 Å². The Morgan fingerprint density at radius 3 is 2.80 bits per heavy atom. The molecule has 2 aliphatic rings. The van der Waals surface area contributed by atoms with Crippen LogP contribution in [0.4, 0.5) is 0 Å². The Hall–Kier alpha value is -2.08. The number of aryl methyl sites for hydroxylation is 1. The number of rotatable bonds is 4. The smallest absolute Gasteiger partial charge is 0.314 e. The molecule has 6 heteroatoms. The number of fused-ring (bicyclic) bond motifs is 1. The third-order valence-corrected chi connectivity index (χ3v) is 5.26. The molecule has 0 aromatic heterocycles. The van der Waals surface area contributed by atoms with Crippen molar-refractivity contribution in [2.45, 2.75) is 32.8 Å². The molecule has 2 aliphatic heterocycles. The number of carbonyl (C=O) groups is 2. The highest BCUT2D eigenvalue weighted by molar-refractivity contribution is 5.87. The second kappa shape index (κ2) is 6.33. The molecule has 0 unspecified atom stereocenters. The molecule has 3 rings (SSSR count). The first kappa shape index (κ1) is 17.7. The molecule has 0 bridgehead atoms. The van der Waals surface area contributed by atoms with Gasteiger partial charge in [-0.2, -0.15) is 0 Å². The summed E-state index contributed by atoms with van der Waals surface area (Å²) in [6, 6.07) is 7.54. The van der Waals surface area contributed by atoms with Gasteiger partial charge in [0.2, 0.25) is 0 Å². The SMILES string of the molecule is Cc1cccc(OC(C)(C)C(=O)N2C[C@@H]3CCOC[C@]3(C(=O)O)C2)c1. The van der Waals surface area contributed by atoms with Gasteiger partial charge in [-0.15, -0.1) is 0 Å². The standard InChI is InChI=1S/C19H25NO5/c1-13-5-4-6-15(9-13)25-18(2,3)16(21)20-10-14-7-8-24-12-19(14,11-20)17(22)23/h4-6,9,14H,7-8,10-12H2,1-3H3,(H,22,23)/t14-,19+/m0/s1. The third-order valence-electron chi connectivity index (χ3n) is 5.26. The number of nitrogens with zero attached hydrogens (tertiary/aromatic N) is 1. The predicted molar refractivity (Wildman–Crippen MR) is 91.5 cm³/mol. The highest BCUT2D eigenvalue weighted by atomic mass is 16.5. The molecule has 2 saturated heterocycles. The highest BCUT2D eigenvalue weighted by Crippen LogP contribution is 2.42. The van der Waals surface area contributed by atoms with Crippen molar-refractivity contribution in [3.8, 4) is 5.75 Å². The summed E-state index contributed by atoms with van der Waals surface area (Å²) in [5, 5.41) is 9.72. The molecular weight excluding hydrogens is 322 g/mol. The number of carboxylic acid groups (broad SMARTS) is 1. The van der Waals surface area contributed by atoms with E-state index in [0.717, 1.165) is 5.56 Å². The van der Waals surface area contributed by atoms with E-state index in [9.17, 15) is 14.7 Å². The first-order valence-corrected chi connectivity index (χ1v) is 8.61. The zero-order chi connectivity index (χ0) is 18.2. The van der Waals surface area contributed by atoms with Gasteiger partial charge in [0.1, 0.15) is 11.2 Å². The van der Waals surface area contributed by atoms with Crippen LogP contribution >= 0.6 is 0 Å². The van der Waals surface area contributed by atoms with E-state index < -0.39 is 17.0 Å². The molecule has 0 saturated carbocycles. The molecule has 2 atom stereocenters. The average Bonchev–Trinajstić information content (AvgIpc) is 2.94. The topological polar surface area (TPSA) is 76.1 Å². The van der Waals surface area contributed by atoms with Crippen molar-refractivity contribution in [2.24, 2.45) is 11.3 Å². The van der Waals surface area contributed by atoms with Gasteiger partial charge in [0, 0.05) is 19.7 Å². The van der Waals surface area contributed by atoms with E-state index in [-0.39, 0.29) is 25.0 Å². The molecule has 1 amide bonds. The second-order valence-corrected chi connectivity index (χ2v) is 7.61. The molecule has 2 heterocycles. The van der Waals surface area contributed by atoms with Crippen molar-refractivity contribution in [1.29, 1.82) is 0 Å². The number of carbonyl (C=O) groups excluding carboxylic acids is 1. The fourth-order valence-electron chi connectivity index (χ4n) is 3.84. The van der Waals surface area contributed by atoms with E-state index in [4.69, 9.17) is 9.47 Å². The number of aliphatic carboxylic acids is 1. The van der Waals surface area contributed by atoms with Crippen molar-refractivity contribution < 1.29 is 24.2 Å². The summed E-state index contributed by atoms with van der Waals surface area (Å²) in [4.78, 5) is 26.5. The maximum Gasteiger partial charge on any atom is 0.314 e. The van der Waals surface area contributed by atoms with Gasteiger partial charge in [0.05, 0.1) is 6.61 Å². The summed E-state index contributed by atoms with van der Waals surface area (Å²) in [6.07, 6.45) is 0.662. The highest BCUT2D eigenvalue weighted by Gasteiger charge is 2.56. The van der Waals surface area contributed by atoms with Crippen molar-refractivity contribution in [3.05, 3.63) is 29.8 Å². The molecule has 1 aromatic rings. The van der Waals surface area contributed by atoms with Crippen LogP contribution in [0.15, 0.2) is 24.3 Å². The van der Waals surface area contributed by atoms with Gasteiger partial charge in [-0.25, -0.2) is 0 Å². The van der Waals surface area contributed by atoms with Crippen LogP contribution in [0.1, 0.15) is 25.8 Å². The number of amides is 1. The molecule has 1 aromatic carbocycles. The molecule has 1 N–H and O–H groups in total. The molecule has 6 nitrogen and oxygen atoms in total. The molecule has 25 heavy (non-hydrogen) atoms. The van der Waals surface area contributed by atoms with Gasteiger partial charge in [-0.05, 0) is 50.8 Å². The number of ether oxygens (including phenoxy) is 2. The minimum atomic E-state index is -1.07. The molecule has 2 fully saturated rings. The molecular formula is C19H25NO5. The number of hydrogen-bond acceptors (Lipinski definition) is 4. The number of hydrogen-bond donors (Lipinski definition) is 1. The van der Waals surface area contributed by atoms with Crippen molar-refractivity contribution in [3.63, 3.8) is 0 Å². The fraction of sp³-hybridized carbons (Fsp3) is 0.579. The van der Waals surface area contributed by atoms with E-state index >= 15 is 0 Å². The number of benzene rings is 1. The lowest BCUT2D eigenvalue weighted by Crippen LogP contribution is -2.50. The predicted octanol–water partition coefficient (Wildman–Crippen LogP) is 2.10. The quantitative estimate of drug-likeness (QED) is 0.903. The van der Waals surface area contributed by atoms with E-state index in [1.807, 2.05) is 31.2 Å². The maximum atomic E-state index is 13.0. The maximum absolute atomic E-state index is 13.0. The first-order chi connectivity index (χ1) is 11.7. The fourth-order valence-corrected chi connectivity index (χ4v) is 3.84. The zero-order valence-electron chi connectivity index (χ0n) is 14.9. The van der Waals surface area contributed by atoms with Gasteiger partial charge in [0.15, 0.2) is 5.60 Å². The lowest BCUT2D eigenvalue weighted by molar-refractivity contribution is -0.160. The Morgan fingerprint density at radius 2 is 2.16 bits per heavy atom. The monoisotopic (exact) mass is 347 g/mol. The third kappa shape index (κ3) is 3.23. The minimum Gasteiger partial charge on any atom is -0.481 e. The van der Waals surface area contributed by atoms with E-state index in [1.165, 1.54) is 0 Å². The van der Waals surface area contributed by atoms with Crippen molar-refractivity contribution >= 4 is 11.9 Å². The van der Waals surface area contributed by atoms with Gasteiger partial charge in [0.25, 0.3) is 5.91 Å². The van der Waals surface area contributed by atoms with Crippen molar-refractivity contribution in [1.82, 2.24) is 4.90 Å². The van der Waals surface area contributed by atoms with Crippen LogP contribution in [0, 0.1) is 18.3 Å². The Balaban J connectivity index is 1.77. The normalized spacial score (nSPS) is 26.2. The molecule has 0 spiro atoms. The molecule has 136 valence electrons. The lowest BCUT2D eigenvalue weighted by atomic mass is 9.76. The van der Waals surface area contributed by atoms with Gasteiger partial charge in [-0.3, -0.25) is 9.59 Å². The average molecular weight is 347 g/mol. The van der Waals surface area contributed by atoms with Gasteiger partial charge in [-0.1, -0.05) is 12.1 Å². The van der Waals surface area contributed by atoms with Crippen LogP contribution in [0.3, 0.4) is 0 Å². The Morgan fingerprint density at radius 1 is 1.40 bits per heavy atom. The van der Waals surface area contributed by atoms with Crippen LogP contribution in [0.2, 0.25) is 0 Å². The second-order valence-electron chi connectivity index (χ2n) is 7.61. The first-order valence-electron chi connectivity index (χ1n) is 8.61. The van der Waals surface area contributed by atoms with Gasteiger partial charge < -0.3 is 19.5 Å². The van der Waals surface area contributed by atoms with Crippen LogP contribution in [0.5, 0.6) is 5.75 Å². The summed E-state index contributed by atoms with van der Waals surface area (Å²) < 4.78 is 11.4. The summed E-state index contributed by atoms with van der Waals surface area (Å²) in [7, 11) is 0. The van der Waals surface area contributed by atoms with E-state index in [2.05, 4.69) is 0 Å². The lowest BCUT2D eigenvalue weighted by Gasteiger charge is -2.34. The van der Waals surface area contributed by atoms with Crippen molar-refractivity contribution in [2.75, 3.05) is 26.3 Å². The summed E-state index contributed by atoms with van der Waals surface area (Å²) in [5.74, 6) is -0.516. The van der Waals surface area contributed by atoms with Gasteiger partial charge >= 0.3 is 5.97 Å². The number of carboxylic acids is 1. The molecule has 0 aliphatic carbocycles. The Bertz CT molecular complexity index is 686. The van der Waals surface area contributed by atoms with E-state index in [1.54, 1.807) is 18.7 Å². The zero-order valence-corrected chi connectivity index (χ0v) is 14.9. The molecule has 0 radical (unpaired) electrons. The van der Waals surface area contributed by atoms with Crippen LogP contribution in [-0.4, -0.2) is 53.8 Å². The Labute approximate surface area is 147 Å². The largest absolute Gasteiger partial charge is 0.481 e. The van der Waals surface area contributed by atoms with Crippen LogP contribution < -0.4 is 4.74 Å². The summed E-state index contributed by atoms with van der Waals surface area (Å²) >= 11 is 0. The summed E-state index contributed by atoms with van der Waals surface area (Å²) in [5.41, 5.74) is -1.01. The van der Waals surface area contributed by atoms with Crippen LogP contribution in [0.25, 0.3) is 0 Å². The minimum absolute atomic E-state index is 0.0718. The van der Waals surface area contributed by atoms with Crippen LogP contribution in [-0.2, 0) is 14.3 Å². The Kier molecular flexibility index (Phi) is 4.49. The number of likely N-dealkylation sites (tertiary alicyclic amines) is 1.